The largest absolute Gasteiger partial charge is 0.337 e. The summed E-state index contributed by atoms with van der Waals surface area (Å²) in [6, 6.07) is 19.6. The molecule has 2 aliphatic heterocycles. The highest BCUT2D eigenvalue weighted by atomic mass is 79.9. The summed E-state index contributed by atoms with van der Waals surface area (Å²) in [6.45, 7) is 2.27. The SMILES string of the molecule is CCC1CSC2=NC(c3ccccn3)C(c3cccn3-c3cccc(Br)c3)N21. The van der Waals surface area contributed by atoms with Gasteiger partial charge in [0.05, 0.1) is 5.69 Å². The molecule has 1 saturated heterocycles. The average molecular weight is 453 g/mol. The standard InChI is InChI=1S/C22H21BrN4S/c1-2-16-14-28-22-25-20(18-9-3-4-11-24-18)21(27(16)22)19-10-6-12-26(19)17-8-5-7-15(23)13-17/h3-13,16,20-21H,2,14H2,1H3. The molecule has 1 fully saturated rings. The van der Waals surface area contributed by atoms with E-state index in [0.29, 0.717) is 6.04 Å². The zero-order chi connectivity index (χ0) is 19.1. The number of amidine groups is 1. The summed E-state index contributed by atoms with van der Waals surface area (Å²) >= 11 is 5.49. The van der Waals surface area contributed by atoms with Crippen LogP contribution in [0.25, 0.3) is 5.69 Å². The molecule has 28 heavy (non-hydrogen) atoms. The van der Waals surface area contributed by atoms with Gasteiger partial charge in [0.25, 0.3) is 0 Å². The maximum atomic E-state index is 5.13. The molecule has 0 radical (unpaired) electrons. The van der Waals surface area contributed by atoms with E-state index >= 15 is 0 Å². The Morgan fingerprint density at radius 1 is 1.14 bits per heavy atom. The summed E-state index contributed by atoms with van der Waals surface area (Å²) in [7, 11) is 0. The van der Waals surface area contributed by atoms with Gasteiger partial charge in [-0.1, -0.05) is 46.7 Å². The first-order valence-electron chi connectivity index (χ1n) is 9.59. The molecule has 0 saturated carbocycles. The van der Waals surface area contributed by atoms with Crippen LogP contribution < -0.4 is 0 Å². The highest BCUT2D eigenvalue weighted by molar-refractivity contribution is 9.10. The summed E-state index contributed by atoms with van der Waals surface area (Å²) in [5.41, 5.74) is 3.45. The molecule has 5 rings (SSSR count). The van der Waals surface area contributed by atoms with E-state index in [0.717, 1.165) is 33.2 Å². The minimum absolute atomic E-state index is 0.0128. The molecule has 0 N–H and O–H groups in total. The Balaban J connectivity index is 1.63. The molecule has 4 heterocycles. The van der Waals surface area contributed by atoms with Crippen LogP contribution >= 0.6 is 27.7 Å². The molecular weight excluding hydrogens is 432 g/mol. The third-order valence-electron chi connectivity index (χ3n) is 5.50. The van der Waals surface area contributed by atoms with Gasteiger partial charge >= 0.3 is 0 Å². The Bertz CT molecular complexity index is 1020. The van der Waals surface area contributed by atoms with Crippen molar-refractivity contribution in [2.45, 2.75) is 31.5 Å². The van der Waals surface area contributed by atoms with Crippen molar-refractivity contribution in [1.82, 2.24) is 14.5 Å². The van der Waals surface area contributed by atoms with E-state index in [9.17, 15) is 0 Å². The van der Waals surface area contributed by atoms with E-state index < -0.39 is 0 Å². The predicted octanol–water partition coefficient (Wildman–Crippen LogP) is 5.61. The van der Waals surface area contributed by atoms with Gasteiger partial charge in [0, 0.05) is 40.0 Å². The Hall–Kier alpha value is -2.05. The van der Waals surface area contributed by atoms with Gasteiger partial charge < -0.3 is 9.47 Å². The third kappa shape index (κ3) is 2.99. The number of benzene rings is 1. The van der Waals surface area contributed by atoms with E-state index in [1.807, 2.05) is 24.0 Å². The number of halogens is 1. The lowest BCUT2D eigenvalue weighted by molar-refractivity contribution is 0.249. The Morgan fingerprint density at radius 2 is 2.07 bits per heavy atom. The Labute approximate surface area is 177 Å². The van der Waals surface area contributed by atoms with Crippen LogP contribution in [-0.2, 0) is 0 Å². The van der Waals surface area contributed by atoms with Gasteiger partial charge in [-0.3, -0.25) is 9.98 Å². The molecule has 142 valence electrons. The molecule has 0 amide bonds. The van der Waals surface area contributed by atoms with E-state index in [1.54, 1.807) is 0 Å². The fourth-order valence-electron chi connectivity index (χ4n) is 4.17. The van der Waals surface area contributed by atoms with Crippen LogP contribution in [0.5, 0.6) is 0 Å². The van der Waals surface area contributed by atoms with Gasteiger partial charge in [-0.15, -0.1) is 0 Å². The lowest BCUT2D eigenvalue weighted by Crippen LogP contribution is -2.36. The van der Waals surface area contributed by atoms with Gasteiger partial charge in [-0.05, 0) is 48.9 Å². The quantitative estimate of drug-likeness (QED) is 0.515. The maximum Gasteiger partial charge on any atom is 0.160 e. The molecule has 0 bridgehead atoms. The molecule has 2 aromatic heterocycles. The minimum Gasteiger partial charge on any atom is -0.337 e. The van der Waals surface area contributed by atoms with E-state index in [2.05, 4.69) is 92.0 Å². The second-order valence-electron chi connectivity index (χ2n) is 7.12. The average Bonchev–Trinajstić information content (AvgIpc) is 3.43. The normalized spacial score (nSPS) is 23.7. The summed E-state index contributed by atoms with van der Waals surface area (Å²) in [6.07, 6.45) is 5.14. The summed E-state index contributed by atoms with van der Waals surface area (Å²) in [5.74, 6) is 1.11. The lowest BCUT2D eigenvalue weighted by Gasteiger charge is -2.32. The van der Waals surface area contributed by atoms with Crippen molar-refractivity contribution in [2.24, 2.45) is 4.99 Å². The molecule has 3 atom stereocenters. The van der Waals surface area contributed by atoms with E-state index in [-0.39, 0.29) is 12.1 Å². The number of pyridine rings is 1. The molecule has 3 aromatic rings. The molecule has 2 aliphatic rings. The highest BCUT2D eigenvalue weighted by Gasteiger charge is 2.46. The zero-order valence-electron chi connectivity index (χ0n) is 15.6. The van der Waals surface area contributed by atoms with Crippen molar-refractivity contribution in [3.8, 4) is 5.69 Å². The summed E-state index contributed by atoms with van der Waals surface area (Å²) < 4.78 is 3.37. The first-order valence-corrected chi connectivity index (χ1v) is 11.4. The number of fused-ring (bicyclic) bond motifs is 1. The van der Waals surface area contributed by atoms with E-state index in [1.165, 1.54) is 5.69 Å². The number of rotatable bonds is 4. The van der Waals surface area contributed by atoms with Crippen molar-refractivity contribution in [2.75, 3.05) is 5.75 Å². The Morgan fingerprint density at radius 3 is 2.86 bits per heavy atom. The second-order valence-corrected chi connectivity index (χ2v) is 9.02. The van der Waals surface area contributed by atoms with Crippen LogP contribution in [0.15, 0.2) is 76.5 Å². The van der Waals surface area contributed by atoms with Crippen LogP contribution in [0.2, 0.25) is 0 Å². The smallest absolute Gasteiger partial charge is 0.160 e. The van der Waals surface area contributed by atoms with Gasteiger partial charge in [0.1, 0.15) is 12.1 Å². The van der Waals surface area contributed by atoms with Crippen molar-refractivity contribution in [3.63, 3.8) is 0 Å². The van der Waals surface area contributed by atoms with Gasteiger partial charge in [-0.2, -0.15) is 0 Å². The van der Waals surface area contributed by atoms with Crippen molar-refractivity contribution in [1.29, 1.82) is 0 Å². The number of nitrogens with zero attached hydrogens (tertiary/aromatic N) is 4. The molecule has 4 nitrogen and oxygen atoms in total. The first kappa shape index (κ1) is 18.0. The zero-order valence-corrected chi connectivity index (χ0v) is 18.0. The fourth-order valence-corrected chi connectivity index (χ4v) is 5.89. The Kier molecular flexibility index (Phi) is 4.77. The number of aliphatic imine (C=N–C) groups is 1. The van der Waals surface area contributed by atoms with Crippen LogP contribution in [0, 0.1) is 0 Å². The fraction of sp³-hybridized carbons (Fsp3) is 0.273. The van der Waals surface area contributed by atoms with Crippen molar-refractivity contribution in [3.05, 3.63) is 82.9 Å². The van der Waals surface area contributed by atoms with Gasteiger partial charge in [0.15, 0.2) is 5.17 Å². The number of aromatic nitrogens is 2. The van der Waals surface area contributed by atoms with Crippen LogP contribution in [-0.4, -0.2) is 31.4 Å². The van der Waals surface area contributed by atoms with Crippen LogP contribution in [0.1, 0.15) is 36.8 Å². The molecule has 3 unspecified atom stereocenters. The van der Waals surface area contributed by atoms with Crippen LogP contribution in [0.3, 0.4) is 0 Å². The van der Waals surface area contributed by atoms with Gasteiger partial charge in [-0.25, -0.2) is 0 Å². The number of hydrogen-bond acceptors (Lipinski definition) is 4. The number of thioether (sulfide) groups is 1. The minimum atomic E-state index is 0.0128. The molecular formula is C22H21BrN4S. The summed E-state index contributed by atoms with van der Waals surface area (Å²) in [4.78, 5) is 12.3. The third-order valence-corrected chi connectivity index (χ3v) is 7.12. The monoisotopic (exact) mass is 452 g/mol. The van der Waals surface area contributed by atoms with E-state index in [4.69, 9.17) is 4.99 Å². The summed E-state index contributed by atoms with van der Waals surface area (Å²) in [5, 5.41) is 1.16. The molecule has 6 heteroatoms. The molecule has 1 aromatic carbocycles. The predicted molar refractivity (Wildman–Crippen MR) is 119 cm³/mol. The number of hydrogen-bond donors (Lipinski definition) is 0. The topological polar surface area (TPSA) is 33.4 Å². The van der Waals surface area contributed by atoms with Crippen molar-refractivity contribution < 1.29 is 0 Å². The second kappa shape index (κ2) is 7.41. The molecule has 0 aliphatic carbocycles. The van der Waals surface area contributed by atoms with Crippen LogP contribution in [0.4, 0.5) is 0 Å². The first-order chi connectivity index (χ1) is 13.8. The highest BCUT2D eigenvalue weighted by Crippen LogP contribution is 2.48. The van der Waals surface area contributed by atoms with Gasteiger partial charge in [0.2, 0.25) is 0 Å². The molecule has 0 spiro atoms. The maximum absolute atomic E-state index is 5.13. The van der Waals surface area contributed by atoms with Crippen molar-refractivity contribution >= 4 is 32.9 Å². The lowest BCUT2D eigenvalue weighted by atomic mass is 9.99.